The summed E-state index contributed by atoms with van der Waals surface area (Å²) in [4.78, 5) is 0. The van der Waals surface area contributed by atoms with E-state index in [0.29, 0.717) is 12.8 Å². The highest BCUT2D eigenvalue weighted by Crippen LogP contribution is 2.51. The first kappa shape index (κ1) is 13.8. The lowest BCUT2D eigenvalue weighted by molar-refractivity contribution is -0.205. The quantitative estimate of drug-likeness (QED) is 0.493. The van der Waals surface area contributed by atoms with Gasteiger partial charge in [0.1, 0.15) is 0 Å². The van der Waals surface area contributed by atoms with Crippen LogP contribution in [0.5, 0.6) is 0 Å². The zero-order chi connectivity index (χ0) is 13.8. The summed E-state index contributed by atoms with van der Waals surface area (Å²) < 4.78 is 81.5. The molecule has 0 aromatic rings. The van der Waals surface area contributed by atoms with Crippen molar-refractivity contribution < 1.29 is 30.5 Å². The van der Waals surface area contributed by atoms with Gasteiger partial charge in [-0.05, 0) is 30.6 Å². The maximum atomic E-state index is 13.8. The molecule has 4 atom stereocenters. The molecule has 104 valence electrons. The Morgan fingerprint density at radius 3 is 2.11 bits per heavy atom. The van der Waals surface area contributed by atoms with E-state index in [-0.39, 0.29) is 11.8 Å². The molecular weight excluding hydrogens is 276 g/mol. The molecule has 1 saturated carbocycles. The molecule has 2 bridgehead atoms. The molecule has 0 aromatic carbocycles. The van der Waals surface area contributed by atoms with E-state index < -0.39 is 33.6 Å². The average molecular weight is 288 g/mol. The molecule has 0 aliphatic heterocycles. The summed E-state index contributed by atoms with van der Waals surface area (Å²) in [5.74, 6) is -0.832. The molecule has 2 aliphatic rings. The highest BCUT2D eigenvalue weighted by Gasteiger charge is 2.66. The maximum Gasteiger partial charge on any atom is 0.439 e. The number of alkyl halides is 4. The first-order chi connectivity index (χ1) is 8.04. The predicted octanol–water partition coefficient (Wildman–Crippen LogP) is 2.70. The van der Waals surface area contributed by atoms with Crippen LogP contribution in [-0.4, -0.2) is 24.1 Å². The van der Waals surface area contributed by atoms with Crippen LogP contribution in [-0.2, 0) is 10.1 Å². The Kier molecular flexibility index (Phi) is 3.01. The zero-order valence-corrected chi connectivity index (χ0v) is 10.0. The lowest BCUT2D eigenvalue weighted by Gasteiger charge is -2.29. The summed E-state index contributed by atoms with van der Waals surface area (Å²) in [6, 6.07) is 0. The minimum Gasteiger partial charge on any atom is -0.283 e. The molecule has 1 N–H and O–H groups in total. The van der Waals surface area contributed by atoms with E-state index in [9.17, 15) is 26.0 Å². The largest absolute Gasteiger partial charge is 0.439 e. The topological polar surface area (TPSA) is 54.4 Å². The van der Waals surface area contributed by atoms with Crippen molar-refractivity contribution in [3.8, 4) is 0 Å². The van der Waals surface area contributed by atoms with Crippen molar-refractivity contribution in [2.75, 3.05) is 0 Å². The predicted molar refractivity (Wildman–Crippen MR) is 54.9 cm³/mol. The van der Waals surface area contributed by atoms with Gasteiger partial charge in [-0.25, -0.2) is 4.39 Å². The van der Waals surface area contributed by atoms with Crippen molar-refractivity contribution in [3.63, 3.8) is 0 Å². The van der Waals surface area contributed by atoms with Crippen molar-refractivity contribution in [1.82, 2.24) is 0 Å². The van der Waals surface area contributed by atoms with E-state index in [1.165, 1.54) is 0 Å². The minimum atomic E-state index is -5.84. The highest BCUT2D eigenvalue weighted by molar-refractivity contribution is 7.87. The van der Waals surface area contributed by atoms with Gasteiger partial charge in [0.2, 0.25) is 0 Å². The molecule has 2 rings (SSSR count). The molecule has 0 heterocycles. The van der Waals surface area contributed by atoms with Crippen molar-refractivity contribution in [1.29, 1.82) is 0 Å². The second kappa shape index (κ2) is 3.93. The third-order valence-corrected chi connectivity index (χ3v) is 4.99. The Labute approximate surface area is 102 Å². The third-order valence-electron chi connectivity index (χ3n) is 3.77. The molecule has 0 aromatic heterocycles. The first-order valence-corrected chi connectivity index (χ1v) is 6.89. The zero-order valence-electron chi connectivity index (χ0n) is 9.19. The second-order valence-electron chi connectivity index (χ2n) is 4.95. The number of rotatable bonds is 3. The van der Waals surface area contributed by atoms with E-state index in [2.05, 4.69) is 0 Å². The fourth-order valence-electron chi connectivity index (χ4n) is 2.83. The van der Waals surface area contributed by atoms with Gasteiger partial charge in [0.25, 0.3) is 0 Å². The van der Waals surface area contributed by atoms with Gasteiger partial charge in [-0.2, -0.15) is 21.6 Å². The van der Waals surface area contributed by atoms with Crippen LogP contribution >= 0.6 is 0 Å². The fraction of sp³-hybridized carbons (Fsp3) is 0.800. The van der Waals surface area contributed by atoms with E-state index in [1.807, 2.05) is 6.08 Å². The first-order valence-electron chi connectivity index (χ1n) is 5.45. The fourth-order valence-corrected chi connectivity index (χ4v) is 3.55. The number of allylic oxidation sites excluding steroid dienone is 2. The van der Waals surface area contributed by atoms with Crippen LogP contribution in [0.25, 0.3) is 0 Å². The van der Waals surface area contributed by atoms with Gasteiger partial charge in [-0.15, -0.1) is 0 Å². The van der Waals surface area contributed by atoms with Crippen molar-refractivity contribution in [2.24, 2.45) is 17.8 Å². The molecule has 3 nitrogen and oxygen atoms in total. The average Bonchev–Trinajstić information content (AvgIpc) is 2.75. The summed E-state index contributed by atoms with van der Waals surface area (Å²) >= 11 is 0. The molecule has 0 amide bonds. The normalized spacial score (nSPS) is 34.8. The van der Waals surface area contributed by atoms with Crippen LogP contribution in [0.1, 0.15) is 19.3 Å². The maximum absolute atomic E-state index is 13.8. The summed E-state index contributed by atoms with van der Waals surface area (Å²) in [5, 5.41) is -4.57. The number of fused-ring (bicyclic) bond motifs is 2. The highest BCUT2D eigenvalue weighted by atomic mass is 32.2. The van der Waals surface area contributed by atoms with Crippen molar-refractivity contribution >= 4 is 10.1 Å². The molecule has 2 aliphatic carbocycles. The monoisotopic (exact) mass is 288 g/mol. The van der Waals surface area contributed by atoms with Gasteiger partial charge < -0.3 is 0 Å². The van der Waals surface area contributed by atoms with Gasteiger partial charge in [0.15, 0.2) is 0 Å². The van der Waals surface area contributed by atoms with Gasteiger partial charge in [-0.1, -0.05) is 12.2 Å². The Morgan fingerprint density at radius 2 is 1.78 bits per heavy atom. The van der Waals surface area contributed by atoms with E-state index in [4.69, 9.17) is 4.55 Å². The van der Waals surface area contributed by atoms with Crippen LogP contribution in [0.4, 0.5) is 17.6 Å². The Morgan fingerprint density at radius 1 is 1.17 bits per heavy atom. The lowest BCUT2D eigenvalue weighted by atomic mass is 9.88. The van der Waals surface area contributed by atoms with Crippen LogP contribution in [0.3, 0.4) is 0 Å². The minimum absolute atomic E-state index is 0.0962. The Hall–Kier alpha value is -0.630. The lowest BCUT2D eigenvalue weighted by Crippen LogP contribution is -2.49. The Balaban J connectivity index is 2.25. The third kappa shape index (κ3) is 2.05. The van der Waals surface area contributed by atoms with Crippen molar-refractivity contribution in [3.05, 3.63) is 12.2 Å². The van der Waals surface area contributed by atoms with Gasteiger partial charge in [0, 0.05) is 6.42 Å². The van der Waals surface area contributed by atoms with E-state index in [1.54, 1.807) is 6.08 Å². The van der Waals surface area contributed by atoms with Gasteiger partial charge in [-0.3, -0.25) is 4.55 Å². The standard InChI is InChI=1S/C10H12F4O3S/c11-9(10(12,13)14,18(15,16)17)5-8-4-6-1-2-7(8)3-6/h1-2,6-8H,3-5H2,(H,15,16,17). The van der Waals surface area contributed by atoms with E-state index in [0.717, 1.165) is 0 Å². The number of hydrogen-bond acceptors (Lipinski definition) is 2. The second-order valence-corrected chi connectivity index (χ2v) is 6.54. The van der Waals surface area contributed by atoms with Crippen LogP contribution in [0, 0.1) is 17.8 Å². The SMILES string of the molecule is O=S(=O)(O)C(F)(CC1CC2C=CC1C2)C(F)(F)F. The molecule has 18 heavy (non-hydrogen) atoms. The molecule has 0 saturated heterocycles. The summed E-state index contributed by atoms with van der Waals surface area (Å²) in [6.07, 6.45) is -2.36. The smallest absolute Gasteiger partial charge is 0.283 e. The summed E-state index contributed by atoms with van der Waals surface area (Å²) in [7, 11) is -5.84. The number of halogens is 4. The van der Waals surface area contributed by atoms with Gasteiger partial charge in [0.05, 0.1) is 0 Å². The molecule has 0 spiro atoms. The van der Waals surface area contributed by atoms with Crippen molar-refractivity contribution in [2.45, 2.75) is 30.4 Å². The van der Waals surface area contributed by atoms with E-state index >= 15 is 0 Å². The summed E-state index contributed by atoms with van der Waals surface area (Å²) in [6.45, 7) is 0. The number of hydrogen-bond donors (Lipinski definition) is 1. The molecule has 0 radical (unpaired) electrons. The molecule has 8 heteroatoms. The molecular formula is C10H12F4O3S. The van der Waals surface area contributed by atoms with Crippen LogP contribution < -0.4 is 0 Å². The van der Waals surface area contributed by atoms with Crippen LogP contribution in [0.2, 0.25) is 0 Å². The van der Waals surface area contributed by atoms with Crippen LogP contribution in [0.15, 0.2) is 12.2 Å². The van der Waals surface area contributed by atoms with Gasteiger partial charge >= 0.3 is 21.3 Å². The molecule has 4 unspecified atom stereocenters. The summed E-state index contributed by atoms with van der Waals surface area (Å²) in [5.41, 5.74) is 0. The molecule has 1 fully saturated rings. The Bertz CT molecular complexity index is 470.